The molecule has 6 rings (SSSR count). The number of aromatic nitrogens is 4. The minimum atomic E-state index is -3.87. The molecule has 0 atom stereocenters. The number of aliphatic hydroxyl groups excluding tert-OH is 1. The zero-order valence-electron chi connectivity index (χ0n) is 23.4. The number of nitrogens with zero attached hydrogens (tertiary/aromatic N) is 4. The third-order valence-electron chi connectivity index (χ3n) is 7.04. The maximum Gasteiger partial charge on any atom is 0.586 e. The summed E-state index contributed by atoms with van der Waals surface area (Å²) in [6, 6.07) is 13.9. The first-order chi connectivity index (χ1) is 20.2. The number of halogens is 3. The van der Waals surface area contributed by atoms with Crippen molar-refractivity contribution in [3.05, 3.63) is 89.4 Å². The van der Waals surface area contributed by atoms with Crippen molar-refractivity contribution >= 4 is 9.84 Å². The van der Waals surface area contributed by atoms with Crippen molar-refractivity contribution in [1.29, 1.82) is 0 Å². The maximum absolute atomic E-state index is 15.1. The Morgan fingerprint density at radius 2 is 1.67 bits per heavy atom. The molecule has 5 aromatic rings. The third-order valence-corrected chi connectivity index (χ3v) is 8.20. The van der Waals surface area contributed by atoms with E-state index in [-0.39, 0.29) is 27.5 Å². The first-order valence-corrected chi connectivity index (χ1v) is 14.9. The molecule has 0 radical (unpaired) electrons. The highest BCUT2D eigenvalue weighted by Crippen LogP contribution is 2.43. The van der Waals surface area contributed by atoms with Crippen LogP contribution < -0.4 is 9.47 Å². The van der Waals surface area contributed by atoms with Crippen LogP contribution in [0.2, 0.25) is 0 Å². The molecule has 0 saturated heterocycles. The lowest BCUT2D eigenvalue weighted by Gasteiger charge is -2.17. The van der Waals surface area contributed by atoms with Crippen LogP contribution >= 0.6 is 0 Å². The molecule has 0 bridgehead atoms. The Kier molecular flexibility index (Phi) is 6.62. The molecule has 1 aliphatic heterocycles. The quantitative estimate of drug-likeness (QED) is 0.264. The summed E-state index contributed by atoms with van der Waals surface area (Å²) in [7, 11) is -3.87. The molecule has 0 amide bonds. The molecule has 1 aliphatic rings. The summed E-state index contributed by atoms with van der Waals surface area (Å²) < 4.78 is 80.1. The molecule has 2 aromatic heterocycles. The van der Waals surface area contributed by atoms with E-state index in [0.717, 1.165) is 11.9 Å². The highest BCUT2D eigenvalue weighted by Gasteiger charge is 2.43. The van der Waals surface area contributed by atoms with Crippen molar-refractivity contribution in [1.82, 2.24) is 19.3 Å². The number of hydrogen-bond acceptors (Lipinski definition) is 7. The minimum absolute atomic E-state index is 0.110. The molecule has 0 unspecified atom stereocenters. The lowest BCUT2D eigenvalue weighted by atomic mass is 9.98. The second-order valence-electron chi connectivity index (χ2n) is 10.3. The Morgan fingerprint density at radius 3 is 2.35 bits per heavy atom. The van der Waals surface area contributed by atoms with E-state index in [1.54, 1.807) is 41.9 Å². The molecule has 13 heteroatoms. The number of imidazole rings is 1. The SMILES string of the molecule is Cc1cn(-c2ccc(-c3cc(F)c(CO)c(S(C)(=O)=O)c3)cc2-c2cc(C)nn2-c2ccc3c(c2)OC(F)(F)O3)c(C)n1. The van der Waals surface area contributed by atoms with Gasteiger partial charge in [0, 0.05) is 29.6 Å². The van der Waals surface area contributed by atoms with Gasteiger partial charge in [-0.1, -0.05) is 6.07 Å². The van der Waals surface area contributed by atoms with Crippen molar-refractivity contribution in [3.8, 4) is 45.3 Å². The fourth-order valence-electron chi connectivity index (χ4n) is 5.21. The van der Waals surface area contributed by atoms with Crippen molar-refractivity contribution in [2.24, 2.45) is 0 Å². The van der Waals surface area contributed by atoms with Gasteiger partial charge < -0.3 is 19.1 Å². The van der Waals surface area contributed by atoms with Crippen LogP contribution in [0.25, 0.3) is 33.8 Å². The fourth-order valence-corrected chi connectivity index (χ4v) is 6.16. The second-order valence-corrected chi connectivity index (χ2v) is 12.3. The molecule has 0 aliphatic carbocycles. The first kappa shape index (κ1) is 28.5. The normalized spacial score (nSPS) is 14.0. The molecule has 0 fully saturated rings. The number of aryl methyl sites for hydroxylation is 3. The Bertz CT molecular complexity index is 2040. The predicted octanol–water partition coefficient (Wildman–Crippen LogP) is 5.67. The van der Waals surface area contributed by atoms with E-state index in [1.165, 1.54) is 24.3 Å². The van der Waals surface area contributed by atoms with Crippen LogP contribution in [0.5, 0.6) is 11.5 Å². The van der Waals surface area contributed by atoms with Gasteiger partial charge in [-0.3, -0.25) is 0 Å². The summed E-state index contributed by atoms with van der Waals surface area (Å²) in [6.07, 6.45) is -0.985. The fraction of sp³-hybridized carbons (Fsp3) is 0.200. The molecule has 9 nitrogen and oxygen atoms in total. The largest absolute Gasteiger partial charge is 0.586 e. The van der Waals surface area contributed by atoms with Gasteiger partial charge in [0.1, 0.15) is 11.6 Å². The summed E-state index contributed by atoms with van der Waals surface area (Å²) in [6.45, 7) is 4.69. The summed E-state index contributed by atoms with van der Waals surface area (Å²) in [4.78, 5) is 4.20. The van der Waals surface area contributed by atoms with Crippen molar-refractivity contribution in [3.63, 3.8) is 0 Å². The average molecular weight is 611 g/mol. The van der Waals surface area contributed by atoms with E-state index in [0.29, 0.717) is 39.7 Å². The standard InChI is InChI=1S/C30H25F3N4O5S/c1-16-9-26(37(35-16)21-6-8-27-28(13-21)42-30(32,33)41-27)22-10-19(5-7-25(22)36-14-17(2)34-18(36)3)20-11-24(31)23(15-38)29(12-20)43(4,39)40/h5-14,38H,15H2,1-4H3. The van der Waals surface area contributed by atoms with E-state index in [1.807, 2.05) is 24.6 Å². The second kappa shape index (κ2) is 9.99. The molecule has 43 heavy (non-hydrogen) atoms. The van der Waals surface area contributed by atoms with Gasteiger partial charge in [-0.2, -0.15) is 5.10 Å². The molecule has 3 heterocycles. The van der Waals surface area contributed by atoms with Gasteiger partial charge in [-0.05, 0) is 74.4 Å². The molecule has 0 spiro atoms. The van der Waals surface area contributed by atoms with Gasteiger partial charge in [0.15, 0.2) is 21.3 Å². The zero-order valence-corrected chi connectivity index (χ0v) is 24.2. The number of ether oxygens (including phenoxy) is 2. The van der Waals surface area contributed by atoms with Crippen molar-refractivity contribution < 1.29 is 36.2 Å². The summed E-state index contributed by atoms with van der Waals surface area (Å²) in [5.74, 6) is -0.423. The molecule has 0 saturated carbocycles. The Morgan fingerprint density at radius 1 is 0.930 bits per heavy atom. The molecule has 3 aromatic carbocycles. The molecule has 1 N–H and O–H groups in total. The predicted molar refractivity (Wildman–Crippen MR) is 151 cm³/mol. The number of sulfone groups is 1. The van der Waals surface area contributed by atoms with E-state index < -0.39 is 28.6 Å². The van der Waals surface area contributed by atoms with E-state index >= 15 is 4.39 Å². The van der Waals surface area contributed by atoms with E-state index in [4.69, 9.17) is 0 Å². The minimum Gasteiger partial charge on any atom is -0.395 e. The van der Waals surface area contributed by atoms with Crippen LogP contribution in [0.1, 0.15) is 22.8 Å². The number of aliphatic hydroxyl groups is 1. The smallest absolute Gasteiger partial charge is 0.395 e. The number of fused-ring (bicyclic) bond motifs is 1. The average Bonchev–Trinajstić information content (AvgIpc) is 3.58. The van der Waals surface area contributed by atoms with Crippen LogP contribution in [0, 0.1) is 26.6 Å². The summed E-state index contributed by atoms with van der Waals surface area (Å²) >= 11 is 0. The number of benzene rings is 3. The lowest BCUT2D eigenvalue weighted by Crippen LogP contribution is -2.25. The van der Waals surface area contributed by atoms with E-state index in [2.05, 4.69) is 19.6 Å². The van der Waals surface area contributed by atoms with Crippen LogP contribution in [-0.4, -0.2) is 45.4 Å². The summed E-state index contributed by atoms with van der Waals surface area (Å²) in [5, 5.41) is 14.3. The van der Waals surface area contributed by atoms with Crippen LogP contribution in [-0.2, 0) is 16.4 Å². The third kappa shape index (κ3) is 5.14. The monoisotopic (exact) mass is 610 g/mol. The van der Waals surface area contributed by atoms with Gasteiger partial charge in [-0.15, -0.1) is 8.78 Å². The number of hydrogen-bond donors (Lipinski definition) is 1. The van der Waals surface area contributed by atoms with Crippen molar-refractivity contribution in [2.75, 3.05) is 6.26 Å². The molecular weight excluding hydrogens is 585 g/mol. The lowest BCUT2D eigenvalue weighted by molar-refractivity contribution is -0.286. The Hall–Kier alpha value is -4.62. The van der Waals surface area contributed by atoms with Gasteiger partial charge in [0.25, 0.3) is 0 Å². The van der Waals surface area contributed by atoms with Crippen LogP contribution in [0.3, 0.4) is 0 Å². The molecule has 222 valence electrons. The first-order valence-electron chi connectivity index (χ1n) is 13.0. The van der Waals surface area contributed by atoms with Gasteiger partial charge in [0.05, 0.1) is 40.0 Å². The summed E-state index contributed by atoms with van der Waals surface area (Å²) in [5.41, 5.74) is 4.10. The highest BCUT2D eigenvalue weighted by molar-refractivity contribution is 7.90. The number of alkyl halides is 2. The van der Waals surface area contributed by atoms with Crippen LogP contribution in [0.4, 0.5) is 13.2 Å². The topological polar surface area (TPSA) is 108 Å². The Balaban J connectivity index is 1.58. The van der Waals surface area contributed by atoms with Gasteiger partial charge >= 0.3 is 6.29 Å². The van der Waals surface area contributed by atoms with Crippen LogP contribution in [0.15, 0.2) is 65.7 Å². The van der Waals surface area contributed by atoms with E-state index in [9.17, 15) is 22.3 Å². The maximum atomic E-state index is 15.1. The number of rotatable bonds is 6. The van der Waals surface area contributed by atoms with Gasteiger partial charge in [0.2, 0.25) is 0 Å². The molecular formula is C30H25F3N4O5S. The zero-order chi connectivity index (χ0) is 30.8. The Labute approximate surface area is 244 Å². The highest BCUT2D eigenvalue weighted by atomic mass is 32.2. The van der Waals surface area contributed by atoms with Gasteiger partial charge in [-0.25, -0.2) is 22.5 Å². The van der Waals surface area contributed by atoms with Crippen molar-refractivity contribution in [2.45, 2.75) is 38.6 Å².